The Bertz CT molecular complexity index is 588. The molecule has 2 aromatic rings. The molecule has 0 radical (unpaired) electrons. The van der Waals surface area contributed by atoms with E-state index >= 15 is 0 Å². The lowest BCUT2D eigenvalue weighted by atomic mass is 10.1. The molecule has 0 bridgehead atoms. The first kappa shape index (κ1) is 15.5. The molecule has 0 fully saturated rings. The van der Waals surface area contributed by atoms with Crippen LogP contribution in [0.15, 0.2) is 29.6 Å². The number of rotatable bonds is 6. The van der Waals surface area contributed by atoms with Gasteiger partial charge in [0.15, 0.2) is 5.13 Å². The van der Waals surface area contributed by atoms with Crippen LogP contribution in [-0.4, -0.2) is 24.0 Å². The third kappa shape index (κ3) is 3.82. The Morgan fingerprint density at radius 1 is 1.19 bits per heavy atom. The fourth-order valence-electron chi connectivity index (χ4n) is 2.01. The summed E-state index contributed by atoms with van der Waals surface area (Å²) >= 11 is 1.67. The number of aromatic nitrogens is 1. The maximum atomic E-state index is 11.4. The van der Waals surface area contributed by atoms with Gasteiger partial charge in [-0.1, -0.05) is 19.1 Å². The summed E-state index contributed by atoms with van der Waals surface area (Å²) in [5.41, 5.74) is 2.87. The Labute approximate surface area is 129 Å². The summed E-state index contributed by atoms with van der Waals surface area (Å²) in [6, 6.07) is 7.82. The van der Waals surface area contributed by atoms with Gasteiger partial charge in [0.05, 0.1) is 5.69 Å². The van der Waals surface area contributed by atoms with Crippen molar-refractivity contribution in [2.75, 3.05) is 23.3 Å². The van der Waals surface area contributed by atoms with E-state index in [4.69, 9.17) is 0 Å². The first-order valence-corrected chi connectivity index (χ1v) is 8.16. The topological polar surface area (TPSA) is 45.2 Å². The minimum Gasteiger partial charge on any atom is -0.349 e. The van der Waals surface area contributed by atoms with Gasteiger partial charge in [-0.05, 0) is 26.0 Å². The van der Waals surface area contributed by atoms with Crippen molar-refractivity contribution in [1.82, 2.24) is 4.98 Å². The number of carbonyl (C=O) groups is 1. The number of hydrogen-bond acceptors (Lipinski definition) is 4. The SMILES string of the molecule is CCC(=O)Nc1ccc(-c2csc(N(CC)CC)n2)cc1. The van der Waals surface area contributed by atoms with Gasteiger partial charge >= 0.3 is 0 Å². The maximum Gasteiger partial charge on any atom is 0.224 e. The Kier molecular flexibility index (Phi) is 5.33. The zero-order valence-corrected chi connectivity index (χ0v) is 13.5. The lowest BCUT2D eigenvalue weighted by Crippen LogP contribution is -2.21. The van der Waals surface area contributed by atoms with Crippen LogP contribution in [0.1, 0.15) is 27.2 Å². The summed E-state index contributed by atoms with van der Waals surface area (Å²) in [6.07, 6.45) is 0.487. The van der Waals surface area contributed by atoms with E-state index in [-0.39, 0.29) is 5.91 Å². The largest absolute Gasteiger partial charge is 0.349 e. The highest BCUT2D eigenvalue weighted by molar-refractivity contribution is 7.14. The van der Waals surface area contributed by atoms with Crippen molar-refractivity contribution in [3.05, 3.63) is 29.6 Å². The van der Waals surface area contributed by atoms with E-state index in [2.05, 4.69) is 34.4 Å². The molecular weight excluding hydrogens is 282 g/mol. The second kappa shape index (κ2) is 7.22. The fraction of sp³-hybridized carbons (Fsp3) is 0.375. The Balaban J connectivity index is 2.13. The van der Waals surface area contributed by atoms with Crippen molar-refractivity contribution >= 4 is 28.1 Å². The quantitative estimate of drug-likeness (QED) is 0.877. The van der Waals surface area contributed by atoms with Crippen molar-refractivity contribution in [2.24, 2.45) is 0 Å². The van der Waals surface area contributed by atoms with E-state index in [9.17, 15) is 4.79 Å². The molecule has 0 atom stereocenters. The predicted molar refractivity (Wildman–Crippen MR) is 90.0 cm³/mol. The molecule has 5 heteroatoms. The summed E-state index contributed by atoms with van der Waals surface area (Å²) < 4.78 is 0. The van der Waals surface area contributed by atoms with Crippen LogP contribution >= 0.6 is 11.3 Å². The smallest absolute Gasteiger partial charge is 0.224 e. The number of nitrogens with one attached hydrogen (secondary N) is 1. The zero-order valence-electron chi connectivity index (χ0n) is 12.7. The number of benzene rings is 1. The van der Waals surface area contributed by atoms with Gasteiger partial charge in [-0.15, -0.1) is 11.3 Å². The van der Waals surface area contributed by atoms with Crippen molar-refractivity contribution in [1.29, 1.82) is 0 Å². The van der Waals surface area contributed by atoms with Crippen LogP contribution < -0.4 is 10.2 Å². The maximum absolute atomic E-state index is 11.4. The normalized spacial score (nSPS) is 10.4. The summed E-state index contributed by atoms with van der Waals surface area (Å²) in [6.45, 7) is 8.04. The van der Waals surface area contributed by atoms with Gasteiger partial charge in [0.25, 0.3) is 0 Å². The number of amides is 1. The molecule has 1 N–H and O–H groups in total. The molecule has 0 spiro atoms. The van der Waals surface area contributed by atoms with Gasteiger partial charge < -0.3 is 10.2 Å². The standard InChI is InChI=1S/C16H21N3OS/c1-4-15(20)17-13-9-7-12(8-10-13)14-11-21-16(18-14)19(5-2)6-3/h7-11H,4-6H2,1-3H3,(H,17,20). The summed E-state index contributed by atoms with van der Waals surface area (Å²) in [4.78, 5) is 18.3. The fourth-order valence-corrected chi connectivity index (χ4v) is 2.97. The third-order valence-electron chi connectivity index (χ3n) is 3.31. The Hall–Kier alpha value is -1.88. The molecule has 0 unspecified atom stereocenters. The molecular formula is C16H21N3OS. The number of carbonyl (C=O) groups excluding carboxylic acids is 1. The average molecular weight is 303 g/mol. The van der Waals surface area contributed by atoms with Crippen molar-refractivity contribution < 1.29 is 4.79 Å². The lowest BCUT2D eigenvalue weighted by Gasteiger charge is -2.16. The molecule has 112 valence electrons. The molecule has 0 saturated carbocycles. The van der Waals surface area contributed by atoms with Gasteiger partial charge in [0.2, 0.25) is 5.91 Å². The van der Waals surface area contributed by atoms with Crippen molar-refractivity contribution in [3.8, 4) is 11.3 Å². The average Bonchev–Trinajstić information content (AvgIpc) is 2.99. The Morgan fingerprint density at radius 3 is 2.43 bits per heavy atom. The minimum atomic E-state index is 0.0280. The van der Waals surface area contributed by atoms with E-state index in [1.165, 1.54) is 0 Å². The number of thiazole rings is 1. The molecule has 1 aromatic carbocycles. The van der Waals surface area contributed by atoms with Crippen LogP contribution in [-0.2, 0) is 4.79 Å². The molecule has 1 heterocycles. The van der Waals surface area contributed by atoms with E-state index < -0.39 is 0 Å². The highest BCUT2D eigenvalue weighted by atomic mass is 32.1. The summed E-state index contributed by atoms with van der Waals surface area (Å²) in [5, 5.41) is 5.98. The van der Waals surface area contributed by atoms with Gasteiger partial charge in [0.1, 0.15) is 0 Å². The molecule has 21 heavy (non-hydrogen) atoms. The summed E-state index contributed by atoms with van der Waals surface area (Å²) in [5.74, 6) is 0.0280. The molecule has 0 saturated heterocycles. The Morgan fingerprint density at radius 2 is 1.86 bits per heavy atom. The first-order valence-electron chi connectivity index (χ1n) is 7.28. The van der Waals surface area contributed by atoms with Gasteiger partial charge in [-0.2, -0.15) is 0 Å². The third-order valence-corrected chi connectivity index (χ3v) is 4.21. The van der Waals surface area contributed by atoms with Crippen molar-refractivity contribution in [2.45, 2.75) is 27.2 Å². The molecule has 0 aliphatic rings. The highest BCUT2D eigenvalue weighted by Crippen LogP contribution is 2.28. The van der Waals surface area contributed by atoms with E-state index in [0.29, 0.717) is 6.42 Å². The zero-order chi connectivity index (χ0) is 15.2. The predicted octanol–water partition coefficient (Wildman–Crippen LogP) is 4.00. The highest BCUT2D eigenvalue weighted by Gasteiger charge is 2.09. The first-order chi connectivity index (χ1) is 10.2. The van der Waals surface area contributed by atoms with Crippen LogP contribution in [0.5, 0.6) is 0 Å². The second-order valence-corrected chi connectivity index (χ2v) is 5.50. The molecule has 1 aromatic heterocycles. The molecule has 0 aliphatic heterocycles. The van der Waals surface area contributed by atoms with Gasteiger partial charge in [-0.3, -0.25) is 4.79 Å². The van der Waals surface area contributed by atoms with E-state index in [1.807, 2.05) is 31.2 Å². The lowest BCUT2D eigenvalue weighted by molar-refractivity contribution is -0.115. The molecule has 0 aliphatic carbocycles. The van der Waals surface area contributed by atoms with Crippen LogP contribution in [0.3, 0.4) is 0 Å². The molecule has 1 amide bonds. The van der Waals surface area contributed by atoms with E-state index in [1.54, 1.807) is 11.3 Å². The van der Waals surface area contributed by atoms with Crippen LogP contribution in [0.25, 0.3) is 11.3 Å². The van der Waals surface area contributed by atoms with Gasteiger partial charge in [0, 0.05) is 36.1 Å². The van der Waals surface area contributed by atoms with E-state index in [0.717, 1.165) is 35.2 Å². The minimum absolute atomic E-state index is 0.0280. The molecule has 2 rings (SSSR count). The molecule has 4 nitrogen and oxygen atoms in total. The second-order valence-electron chi connectivity index (χ2n) is 4.67. The number of nitrogens with zero attached hydrogens (tertiary/aromatic N) is 2. The van der Waals surface area contributed by atoms with Crippen LogP contribution in [0.2, 0.25) is 0 Å². The van der Waals surface area contributed by atoms with Crippen molar-refractivity contribution in [3.63, 3.8) is 0 Å². The number of anilines is 2. The van der Waals surface area contributed by atoms with Gasteiger partial charge in [-0.25, -0.2) is 4.98 Å². The number of hydrogen-bond donors (Lipinski definition) is 1. The summed E-state index contributed by atoms with van der Waals surface area (Å²) in [7, 11) is 0. The van der Waals surface area contributed by atoms with Crippen LogP contribution in [0.4, 0.5) is 10.8 Å². The monoisotopic (exact) mass is 303 g/mol. The van der Waals surface area contributed by atoms with Crippen LogP contribution in [0, 0.1) is 0 Å².